The zero-order valence-electron chi connectivity index (χ0n) is 10.3. The van der Waals surface area contributed by atoms with Crippen molar-refractivity contribution in [3.05, 3.63) is 58.6 Å². The topological polar surface area (TPSA) is 78.5 Å². The number of nitriles is 1. The predicted octanol–water partition coefficient (Wildman–Crippen LogP) is 3.18. The van der Waals surface area contributed by atoms with Gasteiger partial charge in [-0.15, -0.1) is 0 Å². The lowest BCUT2D eigenvalue weighted by Crippen LogP contribution is -1.90. The van der Waals surface area contributed by atoms with E-state index in [2.05, 4.69) is 15.1 Å². The molecule has 1 aromatic carbocycles. The molecule has 0 aliphatic rings. The minimum atomic E-state index is 0.389. The number of aromatic amines is 1. The fourth-order valence-corrected chi connectivity index (χ4v) is 2.07. The molecule has 1 N–H and O–H groups in total. The molecule has 3 aromatic rings. The van der Waals surface area contributed by atoms with Crippen LogP contribution >= 0.6 is 11.6 Å². The average molecular weight is 285 g/mol. The molecule has 3 rings (SSSR count). The van der Waals surface area contributed by atoms with Crippen LogP contribution in [-0.2, 0) is 6.42 Å². The van der Waals surface area contributed by atoms with E-state index in [0.29, 0.717) is 34.4 Å². The molecule has 0 atom stereocenters. The molecule has 0 spiro atoms. The van der Waals surface area contributed by atoms with Gasteiger partial charge in [-0.3, -0.25) is 0 Å². The van der Waals surface area contributed by atoms with Gasteiger partial charge in [0.1, 0.15) is 11.8 Å². The number of hydrogen-bond acceptors (Lipinski definition) is 4. The van der Waals surface area contributed by atoms with Gasteiger partial charge in [0.25, 0.3) is 5.89 Å². The van der Waals surface area contributed by atoms with Crippen molar-refractivity contribution in [1.29, 1.82) is 5.26 Å². The molecular weight excluding hydrogens is 276 g/mol. The number of nitrogens with one attached hydrogen (secondary N) is 1. The van der Waals surface area contributed by atoms with Gasteiger partial charge in [-0.2, -0.15) is 10.2 Å². The van der Waals surface area contributed by atoms with Gasteiger partial charge in [0.15, 0.2) is 5.82 Å². The van der Waals surface area contributed by atoms with Crippen molar-refractivity contribution in [2.24, 2.45) is 0 Å². The number of H-pyrrole nitrogens is 1. The van der Waals surface area contributed by atoms with E-state index in [9.17, 15) is 0 Å². The van der Waals surface area contributed by atoms with Gasteiger partial charge in [0.2, 0.25) is 0 Å². The minimum Gasteiger partial charge on any atom is -0.352 e. The number of rotatable bonds is 3. The Morgan fingerprint density at radius 3 is 3.00 bits per heavy atom. The molecule has 2 heterocycles. The van der Waals surface area contributed by atoms with Crippen molar-refractivity contribution in [3.63, 3.8) is 0 Å². The summed E-state index contributed by atoms with van der Waals surface area (Å²) in [6, 6.07) is 11.2. The highest BCUT2D eigenvalue weighted by Crippen LogP contribution is 2.19. The first kappa shape index (κ1) is 12.5. The van der Waals surface area contributed by atoms with Gasteiger partial charge in [-0.25, -0.2) is 0 Å². The Kier molecular flexibility index (Phi) is 3.23. The zero-order chi connectivity index (χ0) is 13.9. The highest BCUT2D eigenvalue weighted by Gasteiger charge is 2.11. The molecule has 20 heavy (non-hydrogen) atoms. The zero-order valence-corrected chi connectivity index (χ0v) is 11.1. The fourth-order valence-electron chi connectivity index (χ4n) is 1.85. The molecular formula is C14H9ClN4O. The monoisotopic (exact) mass is 284 g/mol. The molecule has 0 bridgehead atoms. The van der Waals surface area contributed by atoms with Gasteiger partial charge < -0.3 is 9.51 Å². The summed E-state index contributed by atoms with van der Waals surface area (Å²) in [6.45, 7) is 0. The summed E-state index contributed by atoms with van der Waals surface area (Å²) in [6.07, 6.45) is 2.20. The summed E-state index contributed by atoms with van der Waals surface area (Å²) in [5, 5.41) is 13.4. The van der Waals surface area contributed by atoms with Crippen LogP contribution in [0.2, 0.25) is 5.02 Å². The summed E-state index contributed by atoms with van der Waals surface area (Å²) in [7, 11) is 0. The van der Waals surface area contributed by atoms with Crippen LogP contribution in [0.4, 0.5) is 0 Å². The van der Waals surface area contributed by atoms with E-state index >= 15 is 0 Å². The van der Waals surface area contributed by atoms with E-state index in [0.717, 1.165) is 5.56 Å². The minimum absolute atomic E-state index is 0.389. The first-order valence-corrected chi connectivity index (χ1v) is 6.28. The van der Waals surface area contributed by atoms with E-state index in [1.54, 1.807) is 12.3 Å². The molecule has 2 aromatic heterocycles. The second kappa shape index (κ2) is 5.19. The summed E-state index contributed by atoms with van der Waals surface area (Å²) in [5.41, 5.74) is 2.16. The maximum absolute atomic E-state index is 8.76. The lowest BCUT2D eigenvalue weighted by atomic mass is 10.1. The molecule has 0 saturated carbocycles. The van der Waals surface area contributed by atoms with Crippen LogP contribution in [0.1, 0.15) is 17.1 Å². The summed E-state index contributed by atoms with van der Waals surface area (Å²) in [4.78, 5) is 7.12. The largest absolute Gasteiger partial charge is 0.352 e. The smallest absolute Gasteiger partial charge is 0.259 e. The quantitative estimate of drug-likeness (QED) is 0.801. The van der Waals surface area contributed by atoms with Gasteiger partial charge in [-0.1, -0.05) is 28.9 Å². The first-order chi connectivity index (χ1) is 9.74. The number of benzene rings is 1. The Morgan fingerprint density at radius 1 is 1.35 bits per heavy atom. The molecule has 0 aliphatic heterocycles. The van der Waals surface area contributed by atoms with Crippen molar-refractivity contribution in [2.45, 2.75) is 6.42 Å². The Balaban J connectivity index is 1.82. The lowest BCUT2D eigenvalue weighted by molar-refractivity contribution is 0.424. The Bertz CT molecular complexity index is 784. The Morgan fingerprint density at radius 2 is 2.25 bits per heavy atom. The highest BCUT2D eigenvalue weighted by atomic mass is 35.5. The van der Waals surface area contributed by atoms with Crippen LogP contribution in [0, 0.1) is 11.3 Å². The van der Waals surface area contributed by atoms with Crippen LogP contribution in [0.25, 0.3) is 11.5 Å². The SMILES string of the molecule is N#Cc1cc(-c2nc(Cc3cccc(Cl)c3)no2)c[nH]1. The average Bonchev–Trinajstić information content (AvgIpc) is 3.07. The maximum Gasteiger partial charge on any atom is 0.259 e. The van der Waals surface area contributed by atoms with Crippen LogP contribution in [0.15, 0.2) is 41.1 Å². The van der Waals surface area contributed by atoms with Crippen LogP contribution < -0.4 is 0 Å². The molecule has 0 amide bonds. The van der Waals surface area contributed by atoms with Crippen molar-refractivity contribution in [2.75, 3.05) is 0 Å². The third-order valence-corrected chi connectivity index (χ3v) is 3.00. The number of halogens is 1. The third-order valence-electron chi connectivity index (χ3n) is 2.77. The summed E-state index contributed by atoms with van der Waals surface area (Å²) >= 11 is 5.93. The predicted molar refractivity (Wildman–Crippen MR) is 73.1 cm³/mol. The molecule has 0 fully saturated rings. The summed E-state index contributed by atoms with van der Waals surface area (Å²) in [5.74, 6) is 0.960. The molecule has 0 radical (unpaired) electrons. The number of aromatic nitrogens is 3. The van der Waals surface area contributed by atoms with Gasteiger partial charge in [-0.05, 0) is 23.8 Å². The van der Waals surface area contributed by atoms with Crippen LogP contribution in [-0.4, -0.2) is 15.1 Å². The molecule has 98 valence electrons. The first-order valence-electron chi connectivity index (χ1n) is 5.90. The van der Waals surface area contributed by atoms with Crippen LogP contribution in [0.5, 0.6) is 0 Å². The molecule has 6 heteroatoms. The fraction of sp³-hybridized carbons (Fsp3) is 0.0714. The Labute approximate surface area is 119 Å². The molecule has 0 saturated heterocycles. The van der Waals surface area contributed by atoms with Crippen molar-refractivity contribution in [1.82, 2.24) is 15.1 Å². The standard InChI is InChI=1S/C14H9ClN4O/c15-11-3-1-2-9(4-11)5-13-18-14(20-19-13)10-6-12(7-16)17-8-10/h1-4,6,8,17H,5H2. The van der Waals surface area contributed by atoms with Gasteiger partial charge >= 0.3 is 0 Å². The molecule has 5 nitrogen and oxygen atoms in total. The second-order valence-corrected chi connectivity index (χ2v) is 4.67. The van der Waals surface area contributed by atoms with E-state index in [1.807, 2.05) is 30.3 Å². The van der Waals surface area contributed by atoms with Crippen molar-refractivity contribution < 1.29 is 4.52 Å². The van der Waals surface area contributed by atoms with Crippen molar-refractivity contribution >= 4 is 11.6 Å². The molecule has 0 unspecified atom stereocenters. The third kappa shape index (κ3) is 2.56. The van der Waals surface area contributed by atoms with E-state index in [-0.39, 0.29) is 0 Å². The van der Waals surface area contributed by atoms with Gasteiger partial charge in [0, 0.05) is 17.6 Å². The number of hydrogen-bond donors (Lipinski definition) is 1. The van der Waals surface area contributed by atoms with E-state index in [4.69, 9.17) is 21.4 Å². The van der Waals surface area contributed by atoms with E-state index in [1.165, 1.54) is 0 Å². The van der Waals surface area contributed by atoms with Gasteiger partial charge in [0.05, 0.1) is 5.56 Å². The van der Waals surface area contributed by atoms with Crippen molar-refractivity contribution in [3.8, 4) is 17.5 Å². The summed E-state index contributed by atoms with van der Waals surface area (Å²) < 4.78 is 5.19. The maximum atomic E-state index is 8.76. The lowest BCUT2D eigenvalue weighted by Gasteiger charge is -1.96. The van der Waals surface area contributed by atoms with Crippen LogP contribution in [0.3, 0.4) is 0 Å². The second-order valence-electron chi connectivity index (χ2n) is 4.24. The highest BCUT2D eigenvalue weighted by molar-refractivity contribution is 6.30. The Hall–Kier alpha value is -2.58. The van der Waals surface area contributed by atoms with E-state index < -0.39 is 0 Å². The number of nitrogens with zero attached hydrogens (tertiary/aromatic N) is 3. The normalized spacial score (nSPS) is 10.4. The molecule has 0 aliphatic carbocycles.